The Kier molecular flexibility index (Phi) is 4.45. The third-order valence-electron chi connectivity index (χ3n) is 3.10. The van der Waals surface area contributed by atoms with Gasteiger partial charge in [0.15, 0.2) is 0 Å². The van der Waals surface area contributed by atoms with Gasteiger partial charge in [-0.15, -0.1) is 0 Å². The van der Waals surface area contributed by atoms with Crippen molar-refractivity contribution in [2.45, 2.75) is 26.2 Å². The van der Waals surface area contributed by atoms with E-state index in [1.807, 2.05) is 0 Å². The number of anilines is 1. The first-order valence-electron chi connectivity index (χ1n) is 6.56. The van der Waals surface area contributed by atoms with E-state index >= 15 is 0 Å². The van der Waals surface area contributed by atoms with Gasteiger partial charge in [0.2, 0.25) is 0 Å². The molecule has 0 radical (unpaired) electrons. The first-order valence-corrected chi connectivity index (χ1v) is 6.56. The number of alkyl carbamates (subject to hydrolysis) is 1. The highest BCUT2D eigenvalue weighted by Crippen LogP contribution is 2.26. The molecule has 1 amide bonds. The fourth-order valence-electron chi connectivity index (χ4n) is 2.27. The van der Waals surface area contributed by atoms with Crippen LogP contribution in [-0.4, -0.2) is 25.8 Å². The fourth-order valence-corrected chi connectivity index (χ4v) is 2.27. The van der Waals surface area contributed by atoms with Gasteiger partial charge in [0.1, 0.15) is 0 Å². The second-order valence-corrected chi connectivity index (χ2v) is 4.38. The SMILES string of the molecule is CCOC(=O)NCCc1cccc2c1NCCC2. The van der Waals surface area contributed by atoms with Crippen LogP contribution in [-0.2, 0) is 17.6 Å². The zero-order chi connectivity index (χ0) is 12.8. The lowest BCUT2D eigenvalue weighted by molar-refractivity contribution is 0.152. The summed E-state index contributed by atoms with van der Waals surface area (Å²) in [6.45, 7) is 3.86. The molecular weight excluding hydrogens is 228 g/mol. The summed E-state index contributed by atoms with van der Waals surface area (Å²) in [4.78, 5) is 11.2. The van der Waals surface area contributed by atoms with E-state index in [1.54, 1.807) is 6.92 Å². The highest BCUT2D eigenvalue weighted by molar-refractivity contribution is 5.67. The van der Waals surface area contributed by atoms with Gasteiger partial charge in [-0.05, 0) is 37.3 Å². The number of rotatable bonds is 4. The third-order valence-corrected chi connectivity index (χ3v) is 3.10. The van der Waals surface area contributed by atoms with Gasteiger partial charge in [-0.3, -0.25) is 0 Å². The predicted molar refractivity (Wildman–Crippen MR) is 72.0 cm³/mol. The molecule has 18 heavy (non-hydrogen) atoms. The molecule has 2 rings (SSSR count). The minimum Gasteiger partial charge on any atom is -0.450 e. The van der Waals surface area contributed by atoms with Crippen LogP contribution in [0.2, 0.25) is 0 Å². The zero-order valence-electron chi connectivity index (χ0n) is 10.8. The topological polar surface area (TPSA) is 50.4 Å². The molecule has 0 saturated carbocycles. The highest BCUT2D eigenvalue weighted by atomic mass is 16.5. The van der Waals surface area contributed by atoms with Crippen LogP contribution in [0, 0.1) is 0 Å². The normalized spacial score (nSPS) is 13.4. The van der Waals surface area contributed by atoms with Gasteiger partial charge < -0.3 is 15.4 Å². The Morgan fingerprint density at radius 2 is 2.39 bits per heavy atom. The molecule has 4 heteroatoms. The van der Waals surface area contributed by atoms with E-state index < -0.39 is 0 Å². The molecule has 1 aromatic carbocycles. The summed E-state index contributed by atoms with van der Waals surface area (Å²) >= 11 is 0. The van der Waals surface area contributed by atoms with Gasteiger partial charge in [0, 0.05) is 18.8 Å². The van der Waals surface area contributed by atoms with Crippen molar-refractivity contribution in [3.8, 4) is 0 Å². The number of fused-ring (bicyclic) bond motifs is 1. The monoisotopic (exact) mass is 248 g/mol. The molecule has 0 aliphatic carbocycles. The molecule has 1 heterocycles. The number of hydrogen-bond acceptors (Lipinski definition) is 3. The molecule has 1 aromatic rings. The summed E-state index contributed by atoms with van der Waals surface area (Å²) in [6, 6.07) is 6.37. The summed E-state index contributed by atoms with van der Waals surface area (Å²) < 4.78 is 4.83. The average Bonchev–Trinajstić information content (AvgIpc) is 2.39. The minimum atomic E-state index is -0.338. The molecule has 0 saturated heterocycles. The second kappa shape index (κ2) is 6.28. The molecule has 0 unspecified atom stereocenters. The van der Waals surface area contributed by atoms with Gasteiger partial charge >= 0.3 is 6.09 Å². The van der Waals surface area contributed by atoms with Crippen molar-refractivity contribution in [2.75, 3.05) is 25.0 Å². The maximum absolute atomic E-state index is 11.2. The third kappa shape index (κ3) is 3.15. The Labute approximate surface area is 108 Å². The van der Waals surface area contributed by atoms with E-state index in [1.165, 1.54) is 23.2 Å². The summed E-state index contributed by atoms with van der Waals surface area (Å²) in [5.41, 5.74) is 3.91. The van der Waals surface area contributed by atoms with Crippen LogP contribution in [0.4, 0.5) is 10.5 Å². The molecule has 98 valence electrons. The predicted octanol–water partition coefficient (Wildman–Crippen LogP) is 2.33. The summed E-state index contributed by atoms with van der Waals surface area (Å²) in [6.07, 6.45) is 2.82. The minimum absolute atomic E-state index is 0.338. The molecule has 4 nitrogen and oxygen atoms in total. The van der Waals surface area contributed by atoms with Crippen LogP contribution >= 0.6 is 0 Å². The summed E-state index contributed by atoms with van der Waals surface area (Å²) in [5.74, 6) is 0. The Bertz CT molecular complexity index is 418. The standard InChI is InChI=1S/C14H20N2O2/c1-2-18-14(17)16-10-8-12-6-3-5-11-7-4-9-15-13(11)12/h3,5-6,15H,2,4,7-10H2,1H3,(H,16,17). The number of benzene rings is 1. The number of para-hydroxylation sites is 1. The van der Waals surface area contributed by atoms with E-state index in [0.29, 0.717) is 13.2 Å². The smallest absolute Gasteiger partial charge is 0.407 e. The maximum Gasteiger partial charge on any atom is 0.407 e. The largest absolute Gasteiger partial charge is 0.450 e. The van der Waals surface area contributed by atoms with Crippen molar-refractivity contribution in [3.05, 3.63) is 29.3 Å². The van der Waals surface area contributed by atoms with Crippen molar-refractivity contribution in [2.24, 2.45) is 0 Å². The lowest BCUT2D eigenvalue weighted by atomic mass is 9.98. The van der Waals surface area contributed by atoms with Crippen LogP contribution in [0.1, 0.15) is 24.5 Å². The van der Waals surface area contributed by atoms with Crippen LogP contribution < -0.4 is 10.6 Å². The van der Waals surface area contributed by atoms with Gasteiger partial charge in [0.25, 0.3) is 0 Å². The Morgan fingerprint density at radius 1 is 1.50 bits per heavy atom. The summed E-state index contributed by atoms with van der Waals surface area (Å²) in [7, 11) is 0. The fraction of sp³-hybridized carbons (Fsp3) is 0.500. The molecule has 0 aromatic heterocycles. The number of aryl methyl sites for hydroxylation is 1. The van der Waals surface area contributed by atoms with E-state index in [-0.39, 0.29) is 6.09 Å². The van der Waals surface area contributed by atoms with E-state index in [4.69, 9.17) is 4.74 Å². The molecule has 2 N–H and O–H groups in total. The molecule has 1 aliphatic rings. The molecule has 0 atom stereocenters. The van der Waals surface area contributed by atoms with E-state index in [9.17, 15) is 4.79 Å². The quantitative estimate of drug-likeness (QED) is 0.860. The summed E-state index contributed by atoms with van der Waals surface area (Å²) in [5, 5.41) is 6.20. The van der Waals surface area contributed by atoms with Gasteiger partial charge in [-0.1, -0.05) is 18.2 Å². The van der Waals surface area contributed by atoms with Crippen LogP contribution in [0.3, 0.4) is 0 Å². The van der Waals surface area contributed by atoms with Crippen molar-refractivity contribution >= 4 is 11.8 Å². The van der Waals surface area contributed by atoms with Crippen molar-refractivity contribution < 1.29 is 9.53 Å². The van der Waals surface area contributed by atoms with Crippen molar-refractivity contribution in [3.63, 3.8) is 0 Å². The van der Waals surface area contributed by atoms with Gasteiger partial charge in [-0.2, -0.15) is 0 Å². The average molecular weight is 248 g/mol. The molecule has 0 spiro atoms. The molecule has 1 aliphatic heterocycles. The maximum atomic E-state index is 11.2. The Hall–Kier alpha value is -1.71. The number of carbonyl (C=O) groups is 1. The molecule has 0 fully saturated rings. The Balaban J connectivity index is 1.91. The first-order chi connectivity index (χ1) is 8.81. The van der Waals surface area contributed by atoms with Crippen molar-refractivity contribution in [1.29, 1.82) is 0 Å². The zero-order valence-corrected chi connectivity index (χ0v) is 10.8. The van der Waals surface area contributed by atoms with E-state index in [0.717, 1.165) is 19.4 Å². The van der Waals surface area contributed by atoms with Crippen LogP contribution in [0.15, 0.2) is 18.2 Å². The number of amides is 1. The highest BCUT2D eigenvalue weighted by Gasteiger charge is 2.12. The number of ether oxygens (including phenoxy) is 1. The Morgan fingerprint density at radius 3 is 3.22 bits per heavy atom. The van der Waals surface area contributed by atoms with Crippen molar-refractivity contribution in [1.82, 2.24) is 5.32 Å². The number of hydrogen-bond donors (Lipinski definition) is 2. The molecule has 0 bridgehead atoms. The number of nitrogens with one attached hydrogen (secondary N) is 2. The second-order valence-electron chi connectivity index (χ2n) is 4.38. The lowest BCUT2D eigenvalue weighted by Crippen LogP contribution is -2.26. The first kappa shape index (κ1) is 12.7. The molecular formula is C14H20N2O2. The number of carbonyl (C=O) groups excluding carboxylic acids is 1. The van der Waals surface area contributed by atoms with E-state index in [2.05, 4.69) is 28.8 Å². The van der Waals surface area contributed by atoms with Crippen LogP contribution in [0.25, 0.3) is 0 Å². The van der Waals surface area contributed by atoms with Crippen LogP contribution in [0.5, 0.6) is 0 Å². The lowest BCUT2D eigenvalue weighted by Gasteiger charge is -2.21. The van der Waals surface area contributed by atoms with Gasteiger partial charge in [0.05, 0.1) is 6.61 Å². The van der Waals surface area contributed by atoms with Gasteiger partial charge in [-0.25, -0.2) is 4.79 Å².